The van der Waals surface area contributed by atoms with Gasteiger partial charge in [-0.15, -0.1) is 0 Å². The van der Waals surface area contributed by atoms with Gasteiger partial charge in [0.05, 0.1) is 25.7 Å². The van der Waals surface area contributed by atoms with Gasteiger partial charge in [-0.1, -0.05) is 35.5 Å². The van der Waals surface area contributed by atoms with Crippen LogP contribution in [0.4, 0.5) is 0 Å². The van der Waals surface area contributed by atoms with E-state index in [2.05, 4.69) is 34.3 Å². The lowest BCUT2D eigenvalue weighted by molar-refractivity contribution is -0.135. The highest BCUT2D eigenvalue weighted by molar-refractivity contribution is 5.76. The lowest BCUT2D eigenvalue weighted by Gasteiger charge is -2.33. The van der Waals surface area contributed by atoms with Crippen molar-refractivity contribution in [1.29, 1.82) is 0 Å². The lowest BCUT2D eigenvalue weighted by Crippen LogP contribution is -2.44. The SMILES string of the molecule is Cc1cc(CN(C)C(=O)CC2CN(Cc3ccccc3)CCO2)no1. The van der Waals surface area contributed by atoms with Crippen LogP contribution in [0.15, 0.2) is 40.9 Å². The molecule has 0 radical (unpaired) electrons. The van der Waals surface area contributed by atoms with Gasteiger partial charge < -0.3 is 14.2 Å². The van der Waals surface area contributed by atoms with Gasteiger partial charge >= 0.3 is 0 Å². The Morgan fingerprint density at radius 3 is 2.88 bits per heavy atom. The molecule has 1 amide bonds. The van der Waals surface area contributed by atoms with Gasteiger partial charge in [0, 0.05) is 32.7 Å². The molecule has 1 atom stereocenters. The van der Waals surface area contributed by atoms with E-state index in [-0.39, 0.29) is 12.0 Å². The summed E-state index contributed by atoms with van der Waals surface area (Å²) in [5, 5.41) is 3.94. The maximum atomic E-state index is 12.5. The molecule has 2 aromatic rings. The number of aromatic nitrogens is 1. The molecule has 0 aliphatic carbocycles. The molecule has 1 aliphatic rings. The third-order valence-electron chi connectivity index (χ3n) is 4.38. The second-order valence-electron chi connectivity index (χ2n) is 6.60. The number of aryl methyl sites for hydroxylation is 1. The Morgan fingerprint density at radius 1 is 1.36 bits per heavy atom. The van der Waals surface area contributed by atoms with Gasteiger partial charge in [0.2, 0.25) is 5.91 Å². The zero-order valence-corrected chi connectivity index (χ0v) is 14.9. The van der Waals surface area contributed by atoms with Gasteiger partial charge in [-0.25, -0.2) is 0 Å². The maximum absolute atomic E-state index is 12.5. The molecule has 25 heavy (non-hydrogen) atoms. The van der Waals surface area contributed by atoms with Crippen LogP contribution >= 0.6 is 0 Å². The van der Waals surface area contributed by atoms with E-state index in [0.717, 1.165) is 31.1 Å². The van der Waals surface area contributed by atoms with E-state index >= 15 is 0 Å². The zero-order chi connectivity index (χ0) is 17.6. The molecule has 1 fully saturated rings. The molecule has 0 saturated carbocycles. The van der Waals surface area contributed by atoms with Crippen molar-refractivity contribution in [2.24, 2.45) is 0 Å². The molecule has 3 rings (SSSR count). The molecular formula is C19H25N3O3. The monoisotopic (exact) mass is 343 g/mol. The number of morpholine rings is 1. The van der Waals surface area contributed by atoms with E-state index in [0.29, 0.717) is 19.6 Å². The molecule has 0 N–H and O–H groups in total. The molecule has 1 saturated heterocycles. The van der Waals surface area contributed by atoms with Crippen LogP contribution in [0.5, 0.6) is 0 Å². The highest BCUT2D eigenvalue weighted by atomic mass is 16.5. The summed E-state index contributed by atoms with van der Waals surface area (Å²) < 4.78 is 10.8. The van der Waals surface area contributed by atoms with Crippen molar-refractivity contribution in [1.82, 2.24) is 15.0 Å². The molecule has 134 valence electrons. The Bertz CT molecular complexity index is 686. The Labute approximate surface area is 148 Å². The first kappa shape index (κ1) is 17.6. The Balaban J connectivity index is 1.48. The standard InChI is InChI=1S/C19H25N3O3/c1-15-10-17(20-25-15)13-21(2)19(23)11-18-14-22(8-9-24-18)12-16-6-4-3-5-7-16/h3-7,10,18H,8-9,11-14H2,1-2H3. The minimum atomic E-state index is -0.0635. The fourth-order valence-corrected chi connectivity index (χ4v) is 3.06. The van der Waals surface area contributed by atoms with Crippen LogP contribution in [0, 0.1) is 6.92 Å². The van der Waals surface area contributed by atoms with Crippen LogP contribution in [0.2, 0.25) is 0 Å². The topological polar surface area (TPSA) is 58.8 Å². The van der Waals surface area contributed by atoms with E-state index in [9.17, 15) is 4.79 Å². The summed E-state index contributed by atoms with van der Waals surface area (Å²) in [5.74, 6) is 0.815. The van der Waals surface area contributed by atoms with E-state index in [4.69, 9.17) is 9.26 Å². The first-order chi connectivity index (χ1) is 12.1. The highest BCUT2D eigenvalue weighted by Crippen LogP contribution is 2.14. The second-order valence-corrected chi connectivity index (χ2v) is 6.60. The Hall–Kier alpha value is -2.18. The summed E-state index contributed by atoms with van der Waals surface area (Å²) in [5.41, 5.74) is 2.05. The van der Waals surface area contributed by atoms with Gasteiger partial charge in [0.25, 0.3) is 0 Å². The molecule has 0 spiro atoms. The maximum Gasteiger partial charge on any atom is 0.225 e. The quantitative estimate of drug-likeness (QED) is 0.805. The van der Waals surface area contributed by atoms with Gasteiger partial charge in [0.1, 0.15) is 11.5 Å². The summed E-state index contributed by atoms with van der Waals surface area (Å²) in [6, 6.07) is 12.2. The molecule has 6 nitrogen and oxygen atoms in total. The van der Waals surface area contributed by atoms with Crippen molar-refractivity contribution in [3.05, 3.63) is 53.4 Å². The van der Waals surface area contributed by atoms with Crippen LogP contribution in [-0.2, 0) is 22.6 Å². The van der Waals surface area contributed by atoms with Crippen LogP contribution in [-0.4, -0.2) is 53.7 Å². The van der Waals surface area contributed by atoms with Crippen molar-refractivity contribution >= 4 is 5.91 Å². The predicted octanol–water partition coefficient (Wildman–Crippen LogP) is 2.23. The zero-order valence-electron chi connectivity index (χ0n) is 14.9. The molecule has 1 aromatic heterocycles. The molecule has 2 heterocycles. The summed E-state index contributed by atoms with van der Waals surface area (Å²) in [6.45, 7) is 5.53. The number of hydrogen-bond donors (Lipinski definition) is 0. The van der Waals surface area contributed by atoms with E-state index in [1.165, 1.54) is 5.56 Å². The van der Waals surface area contributed by atoms with Crippen molar-refractivity contribution in [2.45, 2.75) is 32.5 Å². The van der Waals surface area contributed by atoms with Crippen LogP contribution < -0.4 is 0 Å². The summed E-state index contributed by atoms with van der Waals surface area (Å²) in [7, 11) is 1.79. The molecular weight excluding hydrogens is 318 g/mol. The van der Waals surface area contributed by atoms with E-state index < -0.39 is 0 Å². The largest absolute Gasteiger partial charge is 0.375 e. The fraction of sp³-hybridized carbons (Fsp3) is 0.474. The number of nitrogens with zero attached hydrogens (tertiary/aromatic N) is 3. The van der Waals surface area contributed by atoms with E-state index in [1.807, 2.05) is 19.1 Å². The summed E-state index contributed by atoms with van der Waals surface area (Å²) in [6.07, 6.45) is 0.324. The molecule has 6 heteroatoms. The van der Waals surface area contributed by atoms with Crippen molar-refractivity contribution in [3.8, 4) is 0 Å². The van der Waals surface area contributed by atoms with Crippen molar-refractivity contribution in [3.63, 3.8) is 0 Å². The number of carbonyl (C=O) groups excluding carboxylic acids is 1. The predicted molar refractivity (Wildman–Crippen MR) is 93.8 cm³/mol. The highest BCUT2D eigenvalue weighted by Gasteiger charge is 2.24. The number of hydrogen-bond acceptors (Lipinski definition) is 5. The van der Waals surface area contributed by atoms with Crippen LogP contribution in [0.1, 0.15) is 23.4 Å². The number of amides is 1. The average molecular weight is 343 g/mol. The minimum absolute atomic E-state index is 0.0622. The smallest absolute Gasteiger partial charge is 0.225 e. The number of carbonyl (C=O) groups is 1. The summed E-state index contributed by atoms with van der Waals surface area (Å²) >= 11 is 0. The average Bonchev–Trinajstić information content (AvgIpc) is 3.01. The Kier molecular flexibility index (Phi) is 5.83. The summed E-state index contributed by atoms with van der Waals surface area (Å²) in [4.78, 5) is 16.5. The van der Waals surface area contributed by atoms with Gasteiger partial charge in [-0.3, -0.25) is 9.69 Å². The minimum Gasteiger partial charge on any atom is -0.375 e. The van der Waals surface area contributed by atoms with Crippen molar-refractivity contribution < 1.29 is 14.1 Å². The van der Waals surface area contributed by atoms with Gasteiger partial charge in [-0.2, -0.15) is 0 Å². The number of rotatable bonds is 6. The fourth-order valence-electron chi connectivity index (χ4n) is 3.06. The van der Waals surface area contributed by atoms with E-state index in [1.54, 1.807) is 11.9 Å². The van der Waals surface area contributed by atoms with Crippen molar-refractivity contribution in [2.75, 3.05) is 26.7 Å². The number of ether oxygens (including phenoxy) is 1. The van der Waals surface area contributed by atoms with Gasteiger partial charge in [0.15, 0.2) is 0 Å². The van der Waals surface area contributed by atoms with Crippen LogP contribution in [0.3, 0.4) is 0 Å². The second kappa shape index (κ2) is 8.27. The first-order valence-electron chi connectivity index (χ1n) is 8.64. The third kappa shape index (κ3) is 5.14. The van der Waals surface area contributed by atoms with Gasteiger partial charge in [-0.05, 0) is 12.5 Å². The molecule has 1 aliphatic heterocycles. The molecule has 0 bridgehead atoms. The first-order valence-corrected chi connectivity index (χ1v) is 8.64. The number of benzene rings is 1. The lowest BCUT2D eigenvalue weighted by atomic mass is 10.1. The third-order valence-corrected chi connectivity index (χ3v) is 4.38. The van der Waals surface area contributed by atoms with Crippen LogP contribution in [0.25, 0.3) is 0 Å². The molecule has 1 unspecified atom stereocenters. The Morgan fingerprint density at radius 2 is 2.16 bits per heavy atom. The normalized spacial score (nSPS) is 18.2. The molecule has 1 aromatic carbocycles.